The van der Waals surface area contributed by atoms with Gasteiger partial charge in [-0.3, -0.25) is 9.78 Å². The molecule has 3 fully saturated rings. The van der Waals surface area contributed by atoms with Gasteiger partial charge in [-0.2, -0.15) is 0 Å². The highest BCUT2D eigenvalue weighted by molar-refractivity contribution is 5.70. The van der Waals surface area contributed by atoms with Crippen LogP contribution in [0.2, 0.25) is 0 Å². The molecule has 1 N–H and O–H groups in total. The maximum atomic E-state index is 12.5. The molecule has 3 saturated carbocycles. The zero-order valence-corrected chi connectivity index (χ0v) is 19.6. The summed E-state index contributed by atoms with van der Waals surface area (Å²) < 4.78 is 13.3. The lowest BCUT2D eigenvalue weighted by Crippen LogP contribution is -2.35. The van der Waals surface area contributed by atoms with Crippen LogP contribution in [0.25, 0.3) is 11.4 Å². The van der Waals surface area contributed by atoms with E-state index in [1.54, 1.807) is 35.9 Å². The van der Waals surface area contributed by atoms with Crippen molar-refractivity contribution in [2.75, 3.05) is 7.05 Å². The predicted molar refractivity (Wildman–Crippen MR) is 121 cm³/mol. The normalized spacial score (nSPS) is 26.1. The Bertz CT molecular complexity index is 1050. The average molecular weight is 470 g/mol. The minimum atomic E-state index is -0.738. The number of carbonyl (C=O) groups is 2. The summed E-state index contributed by atoms with van der Waals surface area (Å²) in [5.74, 6) is 0.445. The number of hydrogen-bond acceptors (Lipinski definition) is 7. The van der Waals surface area contributed by atoms with Gasteiger partial charge in [-0.1, -0.05) is 18.1 Å². The van der Waals surface area contributed by atoms with Crippen LogP contribution in [0.3, 0.4) is 0 Å². The topological polar surface area (TPSA) is 120 Å². The molecule has 2 aromatic heterocycles. The molecule has 1 amide bonds. The van der Waals surface area contributed by atoms with Gasteiger partial charge in [0.2, 0.25) is 0 Å². The number of aryl methyl sites for hydroxylation is 1. The van der Waals surface area contributed by atoms with E-state index in [-0.39, 0.29) is 30.8 Å². The van der Waals surface area contributed by atoms with Crippen LogP contribution in [0.5, 0.6) is 5.75 Å². The number of carbonyl (C=O) groups excluding carboxylic acids is 1. The SMILES string of the molecule is CN(C(=O)OCc1c(-c2ccc(O[C@@H]3C[C@H](C(=O)O)C[C@@H]4C[C@@H]43)cn2)nnn1C)C1CCCC1. The summed E-state index contributed by atoms with van der Waals surface area (Å²) in [6.45, 7) is 0.0520. The predicted octanol–water partition coefficient (Wildman–Crippen LogP) is 3.27. The summed E-state index contributed by atoms with van der Waals surface area (Å²) in [6, 6.07) is 3.87. The molecule has 0 bridgehead atoms. The number of rotatable bonds is 7. The number of carboxylic acids is 1. The number of fused-ring (bicyclic) bond motifs is 1. The fourth-order valence-electron chi connectivity index (χ4n) is 5.43. The maximum absolute atomic E-state index is 12.5. The van der Waals surface area contributed by atoms with E-state index in [2.05, 4.69) is 15.3 Å². The van der Waals surface area contributed by atoms with E-state index in [1.807, 2.05) is 6.07 Å². The first-order valence-electron chi connectivity index (χ1n) is 12.0. The van der Waals surface area contributed by atoms with Crippen LogP contribution in [-0.4, -0.2) is 61.2 Å². The molecule has 10 nitrogen and oxygen atoms in total. The summed E-state index contributed by atoms with van der Waals surface area (Å²) in [5.41, 5.74) is 1.81. The van der Waals surface area contributed by atoms with Crippen molar-refractivity contribution in [2.24, 2.45) is 24.8 Å². The quantitative estimate of drug-likeness (QED) is 0.656. The Labute approximate surface area is 198 Å². The Kier molecular flexibility index (Phi) is 6.14. The molecule has 182 valence electrons. The molecular weight excluding hydrogens is 438 g/mol. The van der Waals surface area contributed by atoms with Crippen molar-refractivity contribution in [1.82, 2.24) is 24.9 Å². The van der Waals surface area contributed by atoms with Crippen molar-refractivity contribution < 1.29 is 24.2 Å². The van der Waals surface area contributed by atoms with E-state index in [4.69, 9.17) is 9.47 Å². The highest BCUT2D eigenvalue weighted by Gasteiger charge is 2.51. The van der Waals surface area contributed by atoms with Crippen molar-refractivity contribution in [3.63, 3.8) is 0 Å². The molecular formula is C24H31N5O5. The molecule has 2 aromatic rings. The summed E-state index contributed by atoms with van der Waals surface area (Å²) in [5, 5.41) is 17.7. The Morgan fingerprint density at radius 2 is 2.00 bits per heavy atom. The first kappa shape index (κ1) is 22.6. The fourth-order valence-corrected chi connectivity index (χ4v) is 5.43. The molecule has 4 atom stereocenters. The van der Waals surface area contributed by atoms with Gasteiger partial charge >= 0.3 is 12.1 Å². The number of hydrogen-bond donors (Lipinski definition) is 1. The van der Waals surface area contributed by atoms with Crippen molar-refractivity contribution in [3.8, 4) is 17.1 Å². The Morgan fingerprint density at radius 3 is 2.71 bits per heavy atom. The Morgan fingerprint density at radius 1 is 1.21 bits per heavy atom. The number of amides is 1. The maximum Gasteiger partial charge on any atom is 0.410 e. The number of aromatic nitrogens is 4. The first-order chi connectivity index (χ1) is 16.4. The summed E-state index contributed by atoms with van der Waals surface area (Å²) in [7, 11) is 3.54. The highest BCUT2D eigenvalue weighted by Crippen LogP contribution is 2.52. The second-order valence-electron chi connectivity index (χ2n) is 9.81. The molecule has 3 aliphatic carbocycles. The average Bonchev–Trinajstić information content (AvgIpc) is 3.24. The lowest BCUT2D eigenvalue weighted by molar-refractivity contribution is -0.144. The summed E-state index contributed by atoms with van der Waals surface area (Å²) >= 11 is 0. The van der Waals surface area contributed by atoms with Gasteiger partial charge in [-0.15, -0.1) is 5.10 Å². The van der Waals surface area contributed by atoms with E-state index >= 15 is 0 Å². The van der Waals surface area contributed by atoms with Gasteiger partial charge < -0.3 is 19.5 Å². The van der Waals surface area contributed by atoms with Gasteiger partial charge in [0.05, 0.1) is 17.8 Å². The van der Waals surface area contributed by atoms with E-state index in [0.717, 1.165) is 38.5 Å². The lowest BCUT2D eigenvalue weighted by atomic mass is 9.87. The van der Waals surface area contributed by atoms with E-state index in [0.29, 0.717) is 41.1 Å². The summed E-state index contributed by atoms with van der Waals surface area (Å²) in [6.07, 6.45) is 7.85. The van der Waals surface area contributed by atoms with Gasteiger partial charge in [0.15, 0.2) is 0 Å². The molecule has 0 aromatic carbocycles. The largest absolute Gasteiger partial charge is 0.488 e. The molecule has 0 radical (unpaired) electrons. The minimum Gasteiger partial charge on any atom is -0.488 e. The second-order valence-corrected chi connectivity index (χ2v) is 9.81. The van der Waals surface area contributed by atoms with Crippen LogP contribution in [0, 0.1) is 17.8 Å². The molecule has 0 aliphatic heterocycles. The van der Waals surface area contributed by atoms with Crippen LogP contribution < -0.4 is 4.74 Å². The number of ether oxygens (including phenoxy) is 2. The van der Waals surface area contributed by atoms with Crippen molar-refractivity contribution >= 4 is 12.1 Å². The zero-order chi connectivity index (χ0) is 23.8. The second kappa shape index (κ2) is 9.23. The third kappa shape index (κ3) is 4.58. The third-order valence-electron chi connectivity index (χ3n) is 7.61. The molecule has 34 heavy (non-hydrogen) atoms. The van der Waals surface area contributed by atoms with E-state index in [9.17, 15) is 14.7 Å². The summed E-state index contributed by atoms with van der Waals surface area (Å²) in [4.78, 5) is 30.1. The monoisotopic (exact) mass is 469 g/mol. The van der Waals surface area contributed by atoms with Gasteiger partial charge in [0, 0.05) is 20.1 Å². The van der Waals surface area contributed by atoms with Crippen LogP contribution >= 0.6 is 0 Å². The fraction of sp³-hybridized carbons (Fsp3) is 0.625. The Hall–Kier alpha value is -3.17. The third-order valence-corrected chi connectivity index (χ3v) is 7.61. The van der Waals surface area contributed by atoms with E-state index < -0.39 is 5.97 Å². The molecule has 3 aliphatic rings. The van der Waals surface area contributed by atoms with Gasteiger partial charge in [0.25, 0.3) is 0 Å². The van der Waals surface area contributed by atoms with Crippen molar-refractivity contribution in [1.29, 1.82) is 0 Å². The van der Waals surface area contributed by atoms with Crippen LogP contribution in [0.15, 0.2) is 18.3 Å². The highest BCUT2D eigenvalue weighted by atomic mass is 16.6. The number of pyridine rings is 1. The molecule has 10 heteroatoms. The number of nitrogens with zero attached hydrogens (tertiary/aromatic N) is 5. The number of carboxylic acid groups (broad SMARTS) is 1. The molecule has 0 spiro atoms. The number of aliphatic carboxylic acids is 1. The molecule has 5 rings (SSSR count). The zero-order valence-electron chi connectivity index (χ0n) is 19.6. The van der Waals surface area contributed by atoms with Crippen LogP contribution in [-0.2, 0) is 23.2 Å². The molecule has 2 heterocycles. The minimum absolute atomic E-state index is 0.0520. The standard InChI is InChI=1S/C24H31N5O5/c1-28(16-5-3-4-6-16)24(32)33-13-20-22(26-27-29(20)2)19-8-7-17(12-25-19)34-21-11-15(23(30)31)9-14-10-18(14)21/h7-8,12,14-16,18,21H,3-6,9-11,13H2,1-2H3,(H,30,31)/t14-,15-,18+,21-/m1/s1. The smallest absolute Gasteiger partial charge is 0.410 e. The lowest BCUT2D eigenvalue weighted by Gasteiger charge is -2.26. The van der Waals surface area contributed by atoms with Gasteiger partial charge in [-0.05, 0) is 56.1 Å². The van der Waals surface area contributed by atoms with Crippen LogP contribution in [0.4, 0.5) is 4.79 Å². The van der Waals surface area contributed by atoms with Gasteiger partial charge in [-0.25, -0.2) is 9.48 Å². The first-order valence-corrected chi connectivity index (χ1v) is 12.0. The van der Waals surface area contributed by atoms with E-state index in [1.165, 1.54) is 0 Å². The molecule has 0 unspecified atom stereocenters. The molecule has 0 saturated heterocycles. The van der Waals surface area contributed by atoms with Crippen molar-refractivity contribution in [2.45, 2.75) is 63.7 Å². The Balaban J connectivity index is 1.22. The van der Waals surface area contributed by atoms with Crippen LogP contribution in [0.1, 0.15) is 50.6 Å². The van der Waals surface area contributed by atoms with Crippen molar-refractivity contribution in [3.05, 3.63) is 24.0 Å². The van der Waals surface area contributed by atoms with Gasteiger partial charge in [0.1, 0.15) is 29.8 Å².